The standard InChI is InChI=1S/C25H31NO6/c1-15-4-7-17(8-5-15)26-24(28)13-19(16-6-9-21-22(10-16)32-14-31-21)25-20(27)11-18(29-2)12-23(25)30-3/h6,9-12,15,17,19,27H,4-5,7-8,13-14H2,1-3H3,(H,26,28). The molecule has 0 aromatic heterocycles. The molecule has 2 aromatic carbocycles. The summed E-state index contributed by atoms with van der Waals surface area (Å²) >= 11 is 0. The third-order valence-electron chi connectivity index (χ3n) is 6.47. The van der Waals surface area contributed by atoms with Crippen LogP contribution in [0.4, 0.5) is 0 Å². The van der Waals surface area contributed by atoms with E-state index in [0.29, 0.717) is 34.5 Å². The maximum absolute atomic E-state index is 13.1. The van der Waals surface area contributed by atoms with Gasteiger partial charge in [0.2, 0.25) is 12.7 Å². The van der Waals surface area contributed by atoms with Crippen molar-refractivity contribution < 1.29 is 28.8 Å². The lowest BCUT2D eigenvalue weighted by Gasteiger charge is -2.28. The van der Waals surface area contributed by atoms with E-state index in [2.05, 4.69) is 12.2 Å². The highest BCUT2D eigenvalue weighted by Crippen LogP contribution is 2.45. The fourth-order valence-corrected chi connectivity index (χ4v) is 4.62. The number of hydrogen-bond donors (Lipinski definition) is 2. The molecule has 1 saturated carbocycles. The Morgan fingerprint density at radius 3 is 2.56 bits per heavy atom. The molecule has 4 rings (SSSR count). The van der Waals surface area contributed by atoms with E-state index in [9.17, 15) is 9.90 Å². The fraction of sp³-hybridized carbons (Fsp3) is 0.480. The molecular weight excluding hydrogens is 410 g/mol. The molecule has 1 aliphatic heterocycles. The van der Waals surface area contributed by atoms with Crippen molar-refractivity contribution in [1.82, 2.24) is 5.32 Å². The molecule has 32 heavy (non-hydrogen) atoms. The molecule has 1 unspecified atom stereocenters. The number of rotatable bonds is 7. The largest absolute Gasteiger partial charge is 0.507 e. The van der Waals surface area contributed by atoms with Gasteiger partial charge in [-0.05, 0) is 49.3 Å². The number of ether oxygens (including phenoxy) is 4. The van der Waals surface area contributed by atoms with Gasteiger partial charge in [0, 0.05) is 36.1 Å². The van der Waals surface area contributed by atoms with Crippen LogP contribution in [0, 0.1) is 5.92 Å². The van der Waals surface area contributed by atoms with Crippen molar-refractivity contribution in [2.45, 2.75) is 51.0 Å². The number of phenols is 1. The minimum atomic E-state index is -0.437. The quantitative estimate of drug-likeness (QED) is 0.664. The molecule has 172 valence electrons. The molecular formula is C25H31NO6. The lowest BCUT2D eigenvalue weighted by atomic mass is 9.85. The zero-order valence-corrected chi connectivity index (χ0v) is 18.8. The summed E-state index contributed by atoms with van der Waals surface area (Å²) < 4.78 is 21.8. The van der Waals surface area contributed by atoms with E-state index in [-0.39, 0.29) is 30.9 Å². The van der Waals surface area contributed by atoms with Crippen LogP contribution in [0.5, 0.6) is 28.7 Å². The Kier molecular flexibility index (Phi) is 6.63. The van der Waals surface area contributed by atoms with Crippen molar-refractivity contribution in [2.24, 2.45) is 5.92 Å². The molecule has 7 nitrogen and oxygen atoms in total. The van der Waals surface area contributed by atoms with Crippen LogP contribution in [-0.4, -0.2) is 38.1 Å². The number of carbonyl (C=O) groups excluding carboxylic acids is 1. The van der Waals surface area contributed by atoms with E-state index in [4.69, 9.17) is 18.9 Å². The van der Waals surface area contributed by atoms with Crippen molar-refractivity contribution in [1.29, 1.82) is 0 Å². The minimum absolute atomic E-state index is 0.0168. The first-order chi connectivity index (χ1) is 15.5. The molecule has 0 spiro atoms. The fourth-order valence-electron chi connectivity index (χ4n) is 4.62. The van der Waals surface area contributed by atoms with E-state index >= 15 is 0 Å². The van der Waals surface area contributed by atoms with Crippen LogP contribution in [0.3, 0.4) is 0 Å². The van der Waals surface area contributed by atoms with Crippen molar-refractivity contribution in [2.75, 3.05) is 21.0 Å². The normalized spacial score (nSPS) is 20.5. The topological polar surface area (TPSA) is 86.3 Å². The smallest absolute Gasteiger partial charge is 0.231 e. The second kappa shape index (κ2) is 9.59. The number of benzene rings is 2. The number of phenolic OH excluding ortho intramolecular Hbond substituents is 1. The Balaban J connectivity index is 1.65. The van der Waals surface area contributed by atoms with Crippen LogP contribution in [0.25, 0.3) is 0 Å². The van der Waals surface area contributed by atoms with Gasteiger partial charge in [0.15, 0.2) is 11.5 Å². The predicted molar refractivity (Wildman–Crippen MR) is 120 cm³/mol. The Labute approximate surface area is 188 Å². The minimum Gasteiger partial charge on any atom is -0.507 e. The average molecular weight is 442 g/mol. The van der Waals surface area contributed by atoms with Crippen LogP contribution in [-0.2, 0) is 4.79 Å². The van der Waals surface area contributed by atoms with Gasteiger partial charge in [-0.15, -0.1) is 0 Å². The summed E-state index contributed by atoms with van der Waals surface area (Å²) in [7, 11) is 3.07. The van der Waals surface area contributed by atoms with Gasteiger partial charge in [-0.2, -0.15) is 0 Å². The number of hydrogen-bond acceptors (Lipinski definition) is 6. The molecule has 0 saturated heterocycles. The predicted octanol–water partition coefficient (Wildman–Crippen LogP) is 4.36. The van der Waals surface area contributed by atoms with Crippen molar-refractivity contribution in [3.63, 3.8) is 0 Å². The lowest BCUT2D eigenvalue weighted by molar-refractivity contribution is -0.122. The number of carbonyl (C=O) groups is 1. The molecule has 1 aliphatic carbocycles. The first-order valence-electron chi connectivity index (χ1n) is 11.1. The first kappa shape index (κ1) is 22.1. The van der Waals surface area contributed by atoms with Crippen LogP contribution in [0.2, 0.25) is 0 Å². The third kappa shape index (κ3) is 4.71. The summed E-state index contributed by atoms with van der Waals surface area (Å²) in [5.41, 5.74) is 1.38. The van der Waals surface area contributed by atoms with Crippen LogP contribution in [0.1, 0.15) is 56.1 Å². The van der Waals surface area contributed by atoms with E-state index < -0.39 is 5.92 Å². The summed E-state index contributed by atoms with van der Waals surface area (Å²) in [6.45, 7) is 2.42. The summed E-state index contributed by atoms with van der Waals surface area (Å²) in [5, 5.41) is 14.1. The molecule has 0 bridgehead atoms. The maximum atomic E-state index is 13.1. The number of fused-ring (bicyclic) bond motifs is 1. The van der Waals surface area contributed by atoms with Crippen molar-refractivity contribution >= 4 is 5.91 Å². The summed E-state index contributed by atoms with van der Waals surface area (Å²) in [6.07, 6.45) is 4.42. The molecule has 2 N–H and O–H groups in total. The average Bonchev–Trinajstić information content (AvgIpc) is 3.26. The first-order valence-corrected chi connectivity index (χ1v) is 11.1. The Morgan fingerprint density at radius 1 is 1.09 bits per heavy atom. The molecule has 1 heterocycles. The molecule has 2 aliphatic rings. The van der Waals surface area contributed by atoms with Gasteiger partial charge in [0.25, 0.3) is 0 Å². The van der Waals surface area contributed by atoms with Gasteiger partial charge >= 0.3 is 0 Å². The van der Waals surface area contributed by atoms with Gasteiger partial charge in [-0.3, -0.25) is 4.79 Å². The van der Waals surface area contributed by atoms with Crippen molar-refractivity contribution in [3.8, 4) is 28.7 Å². The molecule has 0 radical (unpaired) electrons. The Hall–Kier alpha value is -3.09. The number of methoxy groups -OCH3 is 2. The third-order valence-corrected chi connectivity index (χ3v) is 6.47. The summed E-state index contributed by atoms with van der Waals surface area (Å²) in [6, 6.07) is 9.05. The SMILES string of the molecule is COc1cc(O)c(C(CC(=O)NC2CCC(C)CC2)c2ccc3c(c2)OCO3)c(OC)c1. The maximum Gasteiger partial charge on any atom is 0.231 e. The highest BCUT2D eigenvalue weighted by Gasteiger charge is 2.29. The highest BCUT2D eigenvalue weighted by molar-refractivity contribution is 5.78. The Morgan fingerprint density at radius 2 is 1.84 bits per heavy atom. The Bertz CT molecular complexity index is 967. The molecule has 7 heteroatoms. The van der Waals surface area contributed by atoms with Crippen LogP contribution in [0.15, 0.2) is 30.3 Å². The second-order valence-corrected chi connectivity index (χ2v) is 8.66. The van der Waals surface area contributed by atoms with Crippen LogP contribution >= 0.6 is 0 Å². The van der Waals surface area contributed by atoms with Crippen LogP contribution < -0.4 is 24.3 Å². The molecule has 1 fully saturated rings. The lowest BCUT2D eigenvalue weighted by Crippen LogP contribution is -2.38. The highest BCUT2D eigenvalue weighted by atomic mass is 16.7. The molecule has 1 amide bonds. The van der Waals surface area contributed by atoms with E-state index in [0.717, 1.165) is 31.2 Å². The number of amides is 1. The van der Waals surface area contributed by atoms with Gasteiger partial charge in [0.05, 0.1) is 14.2 Å². The summed E-state index contributed by atoms with van der Waals surface area (Å²) in [4.78, 5) is 13.1. The monoisotopic (exact) mass is 441 g/mol. The number of aromatic hydroxyl groups is 1. The van der Waals surface area contributed by atoms with E-state index in [1.165, 1.54) is 20.3 Å². The van der Waals surface area contributed by atoms with Gasteiger partial charge in [-0.25, -0.2) is 0 Å². The van der Waals surface area contributed by atoms with E-state index in [1.54, 1.807) is 6.07 Å². The number of nitrogens with one attached hydrogen (secondary N) is 1. The van der Waals surface area contributed by atoms with E-state index in [1.807, 2.05) is 18.2 Å². The molecule has 2 aromatic rings. The summed E-state index contributed by atoms with van der Waals surface area (Å²) in [5.74, 6) is 2.48. The molecule has 1 atom stereocenters. The zero-order chi connectivity index (χ0) is 22.7. The van der Waals surface area contributed by atoms with Gasteiger partial charge < -0.3 is 29.4 Å². The second-order valence-electron chi connectivity index (χ2n) is 8.66. The van der Waals surface area contributed by atoms with Crippen molar-refractivity contribution in [3.05, 3.63) is 41.5 Å². The van der Waals surface area contributed by atoms with Gasteiger partial charge in [-0.1, -0.05) is 13.0 Å². The zero-order valence-electron chi connectivity index (χ0n) is 18.8. The van der Waals surface area contributed by atoms with Gasteiger partial charge in [0.1, 0.15) is 17.2 Å².